The molecule has 6 rings (SSSR count). The van der Waals surface area contributed by atoms with E-state index < -0.39 is 11.7 Å². The number of hydrogen-bond donors (Lipinski definition) is 0. The topological polar surface area (TPSA) is 76.5 Å². The third-order valence-corrected chi connectivity index (χ3v) is 7.20. The first-order chi connectivity index (χ1) is 16.9. The first-order valence-corrected chi connectivity index (χ1v) is 11.9. The van der Waals surface area contributed by atoms with Gasteiger partial charge in [-0.05, 0) is 49.2 Å². The molecule has 1 fully saturated rings. The lowest BCUT2D eigenvalue weighted by Crippen LogP contribution is -2.39. The minimum absolute atomic E-state index is 0.199. The second kappa shape index (κ2) is 8.19. The number of alkyl halides is 3. The van der Waals surface area contributed by atoms with Crippen molar-refractivity contribution >= 4 is 33.1 Å². The van der Waals surface area contributed by atoms with E-state index >= 15 is 0 Å². The number of amides is 1. The lowest BCUT2D eigenvalue weighted by atomic mass is 9.97. The Morgan fingerprint density at radius 3 is 2.77 bits per heavy atom. The largest absolute Gasteiger partial charge is 0.448 e. The molecule has 1 amide bonds. The van der Waals surface area contributed by atoms with E-state index in [1.54, 1.807) is 17.0 Å². The molecule has 5 aromatic rings. The second-order valence-electron chi connectivity index (χ2n) is 8.44. The van der Waals surface area contributed by atoms with Gasteiger partial charge in [0.2, 0.25) is 0 Å². The van der Waals surface area contributed by atoms with Gasteiger partial charge in [0.25, 0.3) is 5.91 Å². The number of rotatable bonds is 3. The number of fused-ring (bicyclic) bond motifs is 2. The molecule has 1 aliphatic heterocycles. The molecule has 1 atom stereocenters. The normalized spacial score (nSPS) is 16.9. The van der Waals surface area contributed by atoms with Gasteiger partial charge in [-0.15, -0.1) is 21.5 Å². The highest BCUT2D eigenvalue weighted by atomic mass is 32.1. The third-order valence-electron chi connectivity index (χ3n) is 6.15. The van der Waals surface area contributed by atoms with Crippen molar-refractivity contribution in [3.05, 3.63) is 71.9 Å². The first-order valence-electron chi connectivity index (χ1n) is 11.0. The summed E-state index contributed by atoms with van der Waals surface area (Å²) in [5.41, 5.74) is 0.431. The Labute approximate surface area is 200 Å². The summed E-state index contributed by atoms with van der Waals surface area (Å²) in [5.74, 6) is 0.617. The summed E-state index contributed by atoms with van der Waals surface area (Å²) >= 11 is 1.49. The number of furan rings is 1. The summed E-state index contributed by atoms with van der Waals surface area (Å²) in [7, 11) is 0. The number of likely N-dealkylation sites (tertiary alicyclic amines) is 1. The van der Waals surface area contributed by atoms with Crippen LogP contribution in [0, 0.1) is 0 Å². The fourth-order valence-corrected chi connectivity index (χ4v) is 5.36. The lowest BCUT2D eigenvalue weighted by molar-refractivity contribution is -0.137. The summed E-state index contributed by atoms with van der Waals surface area (Å²) in [6, 6.07) is 13.4. The molecule has 1 unspecified atom stereocenters. The van der Waals surface area contributed by atoms with Gasteiger partial charge >= 0.3 is 6.18 Å². The maximum absolute atomic E-state index is 13.2. The summed E-state index contributed by atoms with van der Waals surface area (Å²) in [4.78, 5) is 19.4. The molecule has 178 valence electrons. The highest BCUT2D eigenvalue weighted by Gasteiger charge is 2.33. The quantitative estimate of drug-likeness (QED) is 0.323. The molecular weight excluding hydrogens is 479 g/mol. The van der Waals surface area contributed by atoms with Crippen molar-refractivity contribution in [1.82, 2.24) is 24.5 Å². The summed E-state index contributed by atoms with van der Waals surface area (Å²) in [6.07, 6.45) is -2.07. The average Bonchev–Trinajstić information content (AvgIpc) is 3.60. The van der Waals surface area contributed by atoms with Crippen LogP contribution in [0.1, 0.15) is 40.7 Å². The molecule has 35 heavy (non-hydrogen) atoms. The van der Waals surface area contributed by atoms with Crippen LogP contribution in [0.15, 0.2) is 59.1 Å². The molecule has 5 heterocycles. The Morgan fingerprint density at radius 2 is 1.94 bits per heavy atom. The van der Waals surface area contributed by atoms with Gasteiger partial charge < -0.3 is 9.32 Å². The predicted molar refractivity (Wildman–Crippen MR) is 123 cm³/mol. The predicted octanol–water partition coefficient (Wildman–Crippen LogP) is 5.64. The minimum atomic E-state index is -4.47. The number of para-hydroxylation sites is 1. The van der Waals surface area contributed by atoms with Crippen LogP contribution in [0.2, 0.25) is 0 Å². The third kappa shape index (κ3) is 3.95. The molecule has 1 aromatic carbocycles. The van der Waals surface area contributed by atoms with Crippen LogP contribution < -0.4 is 0 Å². The van der Waals surface area contributed by atoms with E-state index in [1.807, 2.05) is 24.3 Å². The number of halogens is 3. The molecule has 0 N–H and O–H groups in total. The number of hydrogen-bond acceptors (Lipinski definition) is 6. The van der Waals surface area contributed by atoms with Crippen LogP contribution in [0.3, 0.4) is 0 Å². The maximum Gasteiger partial charge on any atom is 0.417 e. The van der Waals surface area contributed by atoms with Gasteiger partial charge in [0, 0.05) is 25.2 Å². The Morgan fingerprint density at radius 1 is 1.09 bits per heavy atom. The van der Waals surface area contributed by atoms with Crippen LogP contribution in [0.25, 0.3) is 26.6 Å². The molecule has 1 aliphatic rings. The molecule has 0 radical (unpaired) electrons. The number of carbonyl (C=O) groups is 1. The number of benzene rings is 1. The molecule has 1 saturated heterocycles. The van der Waals surface area contributed by atoms with Gasteiger partial charge in [0.1, 0.15) is 5.82 Å². The molecule has 0 saturated carbocycles. The molecule has 0 bridgehead atoms. The SMILES string of the molecule is O=C(c1ccc(-c2nc3ccccc3s2)o1)N1CCCC(c2nnc3ccc(C(F)(F)F)cn23)C1. The van der Waals surface area contributed by atoms with Crippen LogP contribution in [0.5, 0.6) is 0 Å². The summed E-state index contributed by atoms with van der Waals surface area (Å²) < 4.78 is 47.9. The zero-order chi connectivity index (χ0) is 24.2. The van der Waals surface area contributed by atoms with E-state index in [-0.39, 0.29) is 17.6 Å². The maximum atomic E-state index is 13.2. The fraction of sp³-hybridized carbons (Fsp3) is 0.250. The van der Waals surface area contributed by atoms with Crippen molar-refractivity contribution in [2.75, 3.05) is 13.1 Å². The van der Waals surface area contributed by atoms with E-state index in [0.717, 1.165) is 22.5 Å². The molecule has 0 aliphatic carbocycles. The van der Waals surface area contributed by atoms with Gasteiger partial charge in [-0.25, -0.2) is 4.98 Å². The van der Waals surface area contributed by atoms with Crippen molar-refractivity contribution in [2.45, 2.75) is 24.9 Å². The Balaban J connectivity index is 1.24. The highest BCUT2D eigenvalue weighted by molar-refractivity contribution is 7.21. The summed E-state index contributed by atoms with van der Waals surface area (Å²) in [5, 5.41) is 8.86. The minimum Gasteiger partial charge on any atom is -0.448 e. The number of aromatic nitrogens is 4. The molecule has 4 aromatic heterocycles. The molecular formula is C24H18F3N5O2S. The molecule has 11 heteroatoms. The molecule has 7 nitrogen and oxygen atoms in total. The van der Waals surface area contributed by atoms with Crippen LogP contribution in [-0.4, -0.2) is 43.5 Å². The first kappa shape index (κ1) is 21.8. The van der Waals surface area contributed by atoms with Gasteiger partial charge in [-0.2, -0.15) is 13.2 Å². The zero-order valence-electron chi connectivity index (χ0n) is 18.2. The monoisotopic (exact) mass is 497 g/mol. The Kier molecular flexibility index (Phi) is 5.10. The molecule has 0 spiro atoms. The van der Waals surface area contributed by atoms with Gasteiger partial charge in [0.15, 0.2) is 22.2 Å². The number of carbonyl (C=O) groups excluding carboxylic acids is 1. The number of piperidine rings is 1. The van der Waals surface area contributed by atoms with Crippen molar-refractivity contribution in [3.63, 3.8) is 0 Å². The second-order valence-corrected chi connectivity index (χ2v) is 9.47. The summed E-state index contributed by atoms with van der Waals surface area (Å²) in [6.45, 7) is 0.837. The highest BCUT2D eigenvalue weighted by Crippen LogP contribution is 2.33. The standard InChI is InChI=1S/C24H18F3N5O2S/c25-24(26,27)15-7-10-20-29-30-21(32(20)13-15)14-4-3-11-31(12-14)23(33)18-9-8-17(34-18)22-28-16-5-1-2-6-19(16)35-22/h1-2,5-10,13-14H,3-4,11-12H2. The van der Waals surface area contributed by atoms with Gasteiger partial charge in [0.05, 0.1) is 15.8 Å². The van der Waals surface area contributed by atoms with Crippen LogP contribution >= 0.6 is 11.3 Å². The Hall–Kier alpha value is -3.73. The van der Waals surface area contributed by atoms with Crippen LogP contribution in [0.4, 0.5) is 13.2 Å². The number of nitrogens with zero attached hydrogens (tertiary/aromatic N) is 5. The van der Waals surface area contributed by atoms with E-state index in [0.29, 0.717) is 48.2 Å². The lowest BCUT2D eigenvalue weighted by Gasteiger charge is -2.31. The van der Waals surface area contributed by atoms with Crippen LogP contribution in [-0.2, 0) is 6.18 Å². The van der Waals surface area contributed by atoms with E-state index in [4.69, 9.17) is 4.42 Å². The van der Waals surface area contributed by atoms with E-state index in [1.165, 1.54) is 21.8 Å². The number of pyridine rings is 1. The van der Waals surface area contributed by atoms with Crippen molar-refractivity contribution in [1.29, 1.82) is 0 Å². The van der Waals surface area contributed by atoms with E-state index in [9.17, 15) is 18.0 Å². The zero-order valence-corrected chi connectivity index (χ0v) is 19.0. The smallest absolute Gasteiger partial charge is 0.417 e. The van der Waals surface area contributed by atoms with Gasteiger partial charge in [-0.3, -0.25) is 9.20 Å². The fourth-order valence-electron chi connectivity index (χ4n) is 4.43. The van der Waals surface area contributed by atoms with Crippen molar-refractivity contribution < 1.29 is 22.4 Å². The van der Waals surface area contributed by atoms with Crippen molar-refractivity contribution in [3.8, 4) is 10.8 Å². The average molecular weight is 498 g/mol. The van der Waals surface area contributed by atoms with Gasteiger partial charge in [-0.1, -0.05) is 12.1 Å². The van der Waals surface area contributed by atoms with E-state index in [2.05, 4.69) is 15.2 Å². The van der Waals surface area contributed by atoms with Crippen molar-refractivity contribution in [2.24, 2.45) is 0 Å². The Bertz CT molecular complexity index is 1520. The number of thiazole rings is 1.